The van der Waals surface area contributed by atoms with Crippen LogP contribution in [0.3, 0.4) is 0 Å². The first-order valence-electron chi connectivity index (χ1n) is 7.11. The Bertz CT molecular complexity index is 616. The van der Waals surface area contributed by atoms with Gasteiger partial charge in [0.05, 0.1) is 11.0 Å². The molecule has 0 radical (unpaired) electrons. The number of benzene rings is 1. The third-order valence-corrected chi connectivity index (χ3v) is 5.95. The van der Waals surface area contributed by atoms with Gasteiger partial charge in [-0.25, -0.2) is 8.42 Å². The number of ketones is 1. The minimum atomic E-state index is -3.57. The van der Waals surface area contributed by atoms with E-state index in [2.05, 4.69) is 0 Å². The largest absolute Gasteiger partial charge is 0.393 e. The van der Waals surface area contributed by atoms with Crippen LogP contribution in [0.4, 0.5) is 0 Å². The second-order valence-corrected chi connectivity index (χ2v) is 7.50. The van der Waals surface area contributed by atoms with Crippen molar-refractivity contribution < 1.29 is 18.3 Å². The summed E-state index contributed by atoms with van der Waals surface area (Å²) in [4.78, 5) is 11.5. The molecule has 0 saturated carbocycles. The lowest BCUT2D eigenvalue weighted by molar-refractivity contribution is 0.0912. The maximum atomic E-state index is 12.6. The van der Waals surface area contributed by atoms with Crippen LogP contribution in [0.2, 0.25) is 0 Å². The van der Waals surface area contributed by atoms with Crippen LogP contribution in [-0.2, 0) is 10.0 Å². The monoisotopic (exact) mass is 311 g/mol. The summed E-state index contributed by atoms with van der Waals surface area (Å²) in [6.07, 6.45) is 0.906. The van der Waals surface area contributed by atoms with Gasteiger partial charge >= 0.3 is 0 Å². The third-order valence-electron chi connectivity index (χ3n) is 4.06. The fourth-order valence-corrected chi connectivity index (χ4v) is 4.14. The second kappa shape index (κ2) is 6.25. The molecule has 0 aliphatic carbocycles. The Labute approximate surface area is 125 Å². The molecule has 6 heteroatoms. The Hall–Kier alpha value is -1.24. The third kappa shape index (κ3) is 3.51. The maximum Gasteiger partial charge on any atom is 0.243 e. The van der Waals surface area contributed by atoms with Crippen LogP contribution in [0.5, 0.6) is 0 Å². The topological polar surface area (TPSA) is 74.7 Å². The number of carbonyl (C=O) groups is 1. The first-order valence-corrected chi connectivity index (χ1v) is 8.55. The molecule has 1 aliphatic rings. The van der Waals surface area contributed by atoms with Gasteiger partial charge in [0.2, 0.25) is 10.0 Å². The normalized spacial score (nSPS) is 19.4. The van der Waals surface area contributed by atoms with Gasteiger partial charge in [0, 0.05) is 18.7 Å². The van der Waals surface area contributed by atoms with Crippen LogP contribution >= 0.6 is 0 Å². The molecule has 1 heterocycles. The molecule has 1 atom stereocenters. The first kappa shape index (κ1) is 16.1. The van der Waals surface area contributed by atoms with Gasteiger partial charge in [0.15, 0.2) is 5.78 Å². The van der Waals surface area contributed by atoms with Crippen molar-refractivity contribution in [2.24, 2.45) is 5.92 Å². The van der Waals surface area contributed by atoms with Gasteiger partial charge in [-0.15, -0.1) is 0 Å². The average Bonchev–Trinajstić information content (AvgIpc) is 2.47. The molecule has 1 saturated heterocycles. The summed E-state index contributed by atoms with van der Waals surface area (Å²) in [6, 6.07) is 6.15. The van der Waals surface area contributed by atoms with E-state index < -0.39 is 16.1 Å². The highest BCUT2D eigenvalue weighted by atomic mass is 32.2. The molecule has 1 aliphatic heterocycles. The number of sulfonamides is 1. The molecule has 0 aromatic heterocycles. The number of aliphatic hydroxyl groups is 1. The van der Waals surface area contributed by atoms with Crippen LogP contribution in [0.25, 0.3) is 0 Å². The van der Waals surface area contributed by atoms with Crippen molar-refractivity contribution in [3.63, 3.8) is 0 Å². The van der Waals surface area contributed by atoms with E-state index in [-0.39, 0.29) is 16.6 Å². The molecule has 116 valence electrons. The van der Waals surface area contributed by atoms with Crippen molar-refractivity contribution in [1.82, 2.24) is 4.31 Å². The molecule has 5 nitrogen and oxygen atoms in total. The number of hydrogen-bond donors (Lipinski definition) is 1. The summed E-state index contributed by atoms with van der Waals surface area (Å²) in [7, 11) is -3.57. The molecule has 1 N–H and O–H groups in total. The van der Waals surface area contributed by atoms with E-state index in [9.17, 15) is 18.3 Å². The van der Waals surface area contributed by atoms with Crippen LogP contribution in [0, 0.1) is 5.92 Å². The van der Waals surface area contributed by atoms with E-state index >= 15 is 0 Å². The van der Waals surface area contributed by atoms with Crippen molar-refractivity contribution in [1.29, 1.82) is 0 Å². The summed E-state index contributed by atoms with van der Waals surface area (Å²) in [6.45, 7) is 3.97. The zero-order chi connectivity index (χ0) is 15.6. The Morgan fingerprint density at radius 1 is 1.33 bits per heavy atom. The van der Waals surface area contributed by atoms with Gasteiger partial charge in [0.1, 0.15) is 0 Å². The van der Waals surface area contributed by atoms with Gasteiger partial charge in [-0.05, 0) is 44.7 Å². The van der Waals surface area contributed by atoms with Gasteiger partial charge in [0.25, 0.3) is 0 Å². The summed E-state index contributed by atoms with van der Waals surface area (Å²) in [5.74, 6) is -0.000123. The summed E-state index contributed by atoms with van der Waals surface area (Å²) < 4.78 is 26.6. The van der Waals surface area contributed by atoms with Gasteiger partial charge in [-0.1, -0.05) is 12.1 Å². The highest BCUT2D eigenvalue weighted by Crippen LogP contribution is 2.26. The quantitative estimate of drug-likeness (QED) is 0.858. The molecule has 0 spiro atoms. The lowest BCUT2D eigenvalue weighted by Crippen LogP contribution is -2.40. The lowest BCUT2D eigenvalue weighted by atomic mass is 9.93. The molecule has 2 rings (SSSR count). The summed E-state index contributed by atoms with van der Waals surface area (Å²) >= 11 is 0. The van der Waals surface area contributed by atoms with Crippen LogP contribution in [0.1, 0.15) is 37.0 Å². The van der Waals surface area contributed by atoms with Crippen LogP contribution in [-0.4, -0.2) is 42.8 Å². The Balaban J connectivity index is 2.19. The van der Waals surface area contributed by atoms with Crippen molar-refractivity contribution in [2.75, 3.05) is 13.1 Å². The summed E-state index contributed by atoms with van der Waals surface area (Å²) in [5.41, 5.74) is 0.398. The van der Waals surface area contributed by atoms with E-state index in [1.807, 2.05) is 0 Å². The predicted molar refractivity (Wildman–Crippen MR) is 79.6 cm³/mol. The molecule has 1 unspecified atom stereocenters. The zero-order valence-corrected chi connectivity index (χ0v) is 13.1. The minimum Gasteiger partial charge on any atom is -0.393 e. The van der Waals surface area contributed by atoms with Crippen molar-refractivity contribution in [2.45, 2.75) is 37.7 Å². The van der Waals surface area contributed by atoms with E-state index in [4.69, 9.17) is 0 Å². The number of hydrogen-bond acceptors (Lipinski definition) is 4. The number of aliphatic hydroxyl groups excluding tert-OH is 1. The Morgan fingerprint density at radius 3 is 2.48 bits per heavy atom. The minimum absolute atomic E-state index is 0.153. The van der Waals surface area contributed by atoms with E-state index in [0.717, 1.165) is 0 Å². The number of rotatable bonds is 4. The SMILES string of the molecule is CC(=O)c1cccc(S(=O)(=O)N2CCC(C(C)O)CC2)c1. The standard InChI is InChI=1S/C15H21NO4S/c1-11(17)13-6-8-16(9-7-13)21(19,20)15-5-3-4-14(10-15)12(2)18/h3-5,10-11,13,17H,6-9H2,1-2H3. The molecule has 1 aromatic carbocycles. The molecule has 1 fully saturated rings. The summed E-state index contributed by atoms with van der Waals surface area (Å²) in [5, 5.41) is 9.58. The highest BCUT2D eigenvalue weighted by Gasteiger charge is 2.31. The van der Waals surface area contributed by atoms with Crippen molar-refractivity contribution in [3.8, 4) is 0 Å². The Morgan fingerprint density at radius 2 is 1.95 bits per heavy atom. The zero-order valence-electron chi connectivity index (χ0n) is 12.3. The van der Waals surface area contributed by atoms with Crippen LogP contribution in [0.15, 0.2) is 29.2 Å². The van der Waals surface area contributed by atoms with E-state index in [0.29, 0.717) is 31.5 Å². The van der Waals surface area contributed by atoms with Crippen molar-refractivity contribution in [3.05, 3.63) is 29.8 Å². The molecule has 0 amide bonds. The number of carbonyl (C=O) groups excluding carboxylic acids is 1. The second-order valence-electron chi connectivity index (χ2n) is 5.57. The smallest absolute Gasteiger partial charge is 0.243 e. The molecule has 1 aromatic rings. The number of nitrogens with zero attached hydrogens (tertiary/aromatic N) is 1. The fraction of sp³-hybridized carbons (Fsp3) is 0.533. The number of Topliss-reactive ketones (excluding diaryl/α,β-unsaturated/α-hetero) is 1. The lowest BCUT2D eigenvalue weighted by Gasteiger charge is -2.32. The van der Waals surface area contributed by atoms with Gasteiger partial charge in [-0.3, -0.25) is 4.79 Å². The van der Waals surface area contributed by atoms with Crippen LogP contribution < -0.4 is 0 Å². The van der Waals surface area contributed by atoms with E-state index in [1.165, 1.54) is 23.4 Å². The average molecular weight is 311 g/mol. The van der Waals surface area contributed by atoms with E-state index in [1.54, 1.807) is 19.1 Å². The molecular formula is C15H21NO4S. The number of piperidine rings is 1. The fourth-order valence-electron chi connectivity index (χ4n) is 2.62. The predicted octanol–water partition coefficient (Wildman–Crippen LogP) is 1.67. The highest BCUT2D eigenvalue weighted by molar-refractivity contribution is 7.89. The molecular weight excluding hydrogens is 290 g/mol. The van der Waals surface area contributed by atoms with Gasteiger partial charge < -0.3 is 5.11 Å². The molecule has 0 bridgehead atoms. The maximum absolute atomic E-state index is 12.6. The van der Waals surface area contributed by atoms with Crippen molar-refractivity contribution >= 4 is 15.8 Å². The molecule has 21 heavy (non-hydrogen) atoms. The van der Waals surface area contributed by atoms with Gasteiger partial charge in [-0.2, -0.15) is 4.31 Å². The first-order chi connectivity index (χ1) is 9.82. The Kier molecular flexibility index (Phi) is 4.81.